The van der Waals surface area contributed by atoms with Crippen LogP contribution in [0.1, 0.15) is 278 Å². The summed E-state index contributed by atoms with van der Waals surface area (Å²) >= 11 is 0. The lowest BCUT2D eigenvalue weighted by Crippen LogP contribution is -2.30. The summed E-state index contributed by atoms with van der Waals surface area (Å²) in [5.74, 6) is -0.410. The molecular formula is C59H106O5. The Labute approximate surface area is 398 Å². The van der Waals surface area contributed by atoms with Crippen LogP contribution in [0.25, 0.3) is 0 Å². The van der Waals surface area contributed by atoms with E-state index in [0.717, 1.165) is 64.2 Å². The van der Waals surface area contributed by atoms with Crippen molar-refractivity contribution < 1.29 is 23.8 Å². The highest BCUT2D eigenvalue weighted by molar-refractivity contribution is 5.70. The molecule has 0 N–H and O–H groups in total. The second-order valence-electron chi connectivity index (χ2n) is 18.5. The topological polar surface area (TPSA) is 61.8 Å². The van der Waals surface area contributed by atoms with Crippen molar-refractivity contribution in [2.24, 2.45) is 0 Å². The van der Waals surface area contributed by atoms with E-state index in [1.54, 1.807) is 0 Å². The summed E-state index contributed by atoms with van der Waals surface area (Å²) < 4.78 is 17.4. The normalized spacial score (nSPS) is 12.6. The summed E-state index contributed by atoms with van der Waals surface area (Å²) in [7, 11) is 0. The fraction of sp³-hybridized carbons (Fsp3) is 0.797. The molecule has 0 aromatic carbocycles. The first-order chi connectivity index (χ1) is 31.6. The molecular weight excluding hydrogens is 789 g/mol. The Kier molecular flexibility index (Phi) is 52.9. The van der Waals surface area contributed by atoms with E-state index in [4.69, 9.17) is 14.2 Å². The predicted molar refractivity (Wildman–Crippen MR) is 279 cm³/mol. The lowest BCUT2D eigenvalue weighted by molar-refractivity contribution is -0.163. The summed E-state index contributed by atoms with van der Waals surface area (Å²) in [5, 5.41) is 0. The minimum atomic E-state index is -0.547. The van der Waals surface area contributed by atoms with Gasteiger partial charge in [0.2, 0.25) is 0 Å². The lowest BCUT2D eigenvalue weighted by Gasteiger charge is -2.18. The Hall–Kier alpha value is -2.40. The van der Waals surface area contributed by atoms with Gasteiger partial charge in [0.15, 0.2) is 6.10 Å². The average molecular weight is 895 g/mol. The molecule has 1 unspecified atom stereocenters. The van der Waals surface area contributed by atoms with Crippen molar-refractivity contribution in [3.8, 4) is 0 Å². The number of allylic oxidation sites excluding steroid dienone is 10. The maximum Gasteiger partial charge on any atom is 0.306 e. The average Bonchev–Trinajstić information content (AvgIpc) is 3.30. The third-order valence-electron chi connectivity index (χ3n) is 12.0. The molecule has 5 heteroatoms. The molecule has 0 aromatic rings. The zero-order valence-electron chi connectivity index (χ0n) is 42.8. The van der Waals surface area contributed by atoms with E-state index in [0.29, 0.717) is 19.4 Å². The maximum absolute atomic E-state index is 12.8. The van der Waals surface area contributed by atoms with Gasteiger partial charge in [-0.15, -0.1) is 0 Å². The van der Waals surface area contributed by atoms with Crippen LogP contribution in [-0.2, 0) is 23.8 Å². The van der Waals surface area contributed by atoms with Gasteiger partial charge in [0.1, 0.15) is 6.61 Å². The fourth-order valence-electron chi connectivity index (χ4n) is 7.80. The Balaban J connectivity index is 4.29. The van der Waals surface area contributed by atoms with E-state index < -0.39 is 6.10 Å². The summed E-state index contributed by atoms with van der Waals surface area (Å²) in [4.78, 5) is 25.5. The van der Waals surface area contributed by atoms with Gasteiger partial charge in [0.25, 0.3) is 0 Å². The number of hydrogen-bond acceptors (Lipinski definition) is 5. The Morgan fingerprint density at radius 3 is 1.08 bits per heavy atom. The van der Waals surface area contributed by atoms with Crippen LogP contribution in [0.3, 0.4) is 0 Å². The molecule has 0 aromatic heterocycles. The van der Waals surface area contributed by atoms with E-state index >= 15 is 0 Å². The van der Waals surface area contributed by atoms with Crippen molar-refractivity contribution in [1.29, 1.82) is 0 Å². The van der Waals surface area contributed by atoms with Gasteiger partial charge in [-0.3, -0.25) is 9.59 Å². The molecule has 0 saturated heterocycles. The van der Waals surface area contributed by atoms with Gasteiger partial charge in [0, 0.05) is 19.4 Å². The van der Waals surface area contributed by atoms with Gasteiger partial charge < -0.3 is 14.2 Å². The van der Waals surface area contributed by atoms with Crippen molar-refractivity contribution in [1.82, 2.24) is 0 Å². The summed E-state index contributed by atoms with van der Waals surface area (Å²) in [6, 6.07) is 0. The van der Waals surface area contributed by atoms with Gasteiger partial charge in [-0.2, -0.15) is 0 Å². The minimum Gasteiger partial charge on any atom is -0.462 e. The molecule has 0 aliphatic carbocycles. The molecule has 372 valence electrons. The van der Waals surface area contributed by atoms with Gasteiger partial charge in [-0.25, -0.2) is 0 Å². The molecule has 1 atom stereocenters. The number of rotatable bonds is 51. The number of hydrogen-bond donors (Lipinski definition) is 0. The molecule has 0 heterocycles. The van der Waals surface area contributed by atoms with E-state index in [-0.39, 0.29) is 25.2 Å². The largest absolute Gasteiger partial charge is 0.462 e. The highest BCUT2D eigenvalue weighted by Gasteiger charge is 2.17. The van der Waals surface area contributed by atoms with Crippen LogP contribution in [0.5, 0.6) is 0 Å². The Morgan fingerprint density at radius 2 is 0.656 bits per heavy atom. The van der Waals surface area contributed by atoms with Crippen LogP contribution < -0.4 is 0 Å². The van der Waals surface area contributed by atoms with Crippen LogP contribution in [-0.4, -0.2) is 37.9 Å². The molecule has 0 rings (SSSR count). The fourth-order valence-corrected chi connectivity index (χ4v) is 7.80. The highest BCUT2D eigenvalue weighted by Crippen LogP contribution is 2.14. The molecule has 0 saturated carbocycles. The molecule has 5 nitrogen and oxygen atoms in total. The first kappa shape index (κ1) is 61.6. The molecule has 0 aliphatic rings. The number of carbonyl (C=O) groups is 2. The number of carbonyl (C=O) groups excluding carboxylic acids is 2. The molecule has 0 radical (unpaired) electrons. The van der Waals surface area contributed by atoms with E-state index in [1.807, 2.05) is 0 Å². The quantitative estimate of drug-likeness (QED) is 0.0346. The Bertz CT molecular complexity index is 1100. The monoisotopic (exact) mass is 895 g/mol. The van der Waals surface area contributed by atoms with Crippen LogP contribution in [0.15, 0.2) is 60.8 Å². The number of unbranched alkanes of at least 4 members (excludes halogenated alkanes) is 30. The molecule has 0 amide bonds. The zero-order chi connectivity index (χ0) is 46.3. The molecule has 0 aliphatic heterocycles. The van der Waals surface area contributed by atoms with Gasteiger partial charge in [-0.1, -0.05) is 216 Å². The van der Waals surface area contributed by atoms with E-state index in [1.165, 1.54) is 180 Å². The molecule has 0 bridgehead atoms. The van der Waals surface area contributed by atoms with Crippen molar-refractivity contribution in [2.45, 2.75) is 284 Å². The number of ether oxygens (including phenoxy) is 3. The van der Waals surface area contributed by atoms with Crippen LogP contribution in [0.4, 0.5) is 0 Å². The van der Waals surface area contributed by atoms with E-state index in [2.05, 4.69) is 81.5 Å². The van der Waals surface area contributed by atoms with Gasteiger partial charge in [-0.05, 0) is 109 Å². The third kappa shape index (κ3) is 52.2. The SMILES string of the molecule is CCCCC/C=C\C/C=C\CCCCCCCCCC(=O)OCC(COCCCCCCCC/C=C\CCCCCC)OC(=O)CCCCCCCCC/C=C\C/C=C\CCCCC. The van der Waals surface area contributed by atoms with Crippen LogP contribution >= 0.6 is 0 Å². The van der Waals surface area contributed by atoms with Gasteiger partial charge in [0.05, 0.1) is 6.61 Å². The first-order valence-corrected chi connectivity index (χ1v) is 27.8. The third-order valence-corrected chi connectivity index (χ3v) is 12.0. The maximum atomic E-state index is 12.8. The zero-order valence-corrected chi connectivity index (χ0v) is 42.8. The van der Waals surface area contributed by atoms with E-state index in [9.17, 15) is 9.59 Å². The summed E-state index contributed by atoms with van der Waals surface area (Å²) in [6.07, 6.45) is 69.4. The summed E-state index contributed by atoms with van der Waals surface area (Å²) in [6.45, 7) is 7.77. The van der Waals surface area contributed by atoms with Crippen molar-refractivity contribution >= 4 is 11.9 Å². The molecule has 64 heavy (non-hydrogen) atoms. The Morgan fingerprint density at radius 1 is 0.344 bits per heavy atom. The van der Waals surface area contributed by atoms with Crippen molar-refractivity contribution in [2.75, 3.05) is 19.8 Å². The second-order valence-corrected chi connectivity index (χ2v) is 18.5. The van der Waals surface area contributed by atoms with Crippen molar-refractivity contribution in [3.05, 3.63) is 60.8 Å². The lowest BCUT2D eigenvalue weighted by atomic mass is 10.1. The minimum absolute atomic E-state index is 0.0758. The van der Waals surface area contributed by atoms with Gasteiger partial charge >= 0.3 is 11.9 Å². The molecule has 0 fully saturated rings. The van der Waals surface area contributed by atoms with Crippen molar-refractivity contribution in [3.63, 3.8) is 0 Å². The second kappa shape index (κ2) is 54.9. The van der Waals surface area contributed by atoms with Crippen LogP contribution in [0, 0.1) is 0 Å². The number of esters is 2. The summed E-state index contributed by atoms with van der Waals surface area (Å²) in [5.41, 5.74) is 0. The predicted octanol–water partition coefficient (Wildman–Crippen LogP) is 18.9. The van der Waals surface area contributed by atoms with Crippen LogP contribution in [0.2, 0.25) is 0 Å². The molecule has 0 spiro atoms. The standard InChI is InChI=1S/C59H106O5/c1-4-7-10-13-16-19-22-25-28-30-32-34-37-40-43-46-49-52-58(60)63-56-57(55-62-54-51-48-45-42-39-36-27-24-21-18-15-12-9-6-3)64-59(61)53-50-47-44-41-38-35-33-31-29-26-23-20-17-14-11-8-5-2/h16-17,19-21,24-26,28-29,57H,4-15,18,22-23,27,30-56H2,1-3H3/b19-16-,20-17-,24-21-,28-25-,29-26-. The first-order valence-electron chi connectivity index (χ1n) is 27.8. The highest BCUT2D eigenvalue weighted by atomic mass is 16.6. The smallest absolute Gasteiger partial charge is 0.306 e.